The molecular weight excluding hydrogens is 403 g/mol. The maximum absolute atomic E-state index is 5.74. The highest BCUT2D eigenvalue weighted by molar-refractivity contribution is 14.0. The zero-order valence-corrected chi connectivity index (χ0v) is 17.3. The number of ether oxygens (including phenoxy) is 1. The van der Waals surface area contributed by atoms with Gasteiger partial charge in [0, 0.05) is 26.7 Å². The number of imidazole rings is 1. The Hall–Kier alpha value is -0.730. The first-order valence-electron chi connectivity index (χ1n) is 8.10. The average Bonchev–Trinajstić information content (AvgIpc) is 3.07. The van der Waals surface area contributed by atoms with Crippen LogP contribution in [0, 0.1) is 6.92 Å². The second kappa shape index (κ2) is 10.2. The van der Waals surface area contributed by atoms with E-state index in [9.17, 15) is 0 Å². The van der Waals surface area contributed by atoms with Crippen molar-refractivity contribution in [3.05, 3.63) is 23.7 Å². The summed E-state index contributed by atoms with van der Waals surface area (Å²) in [5, 5.41) is 0. The summed E-state index contributed by atoms with van der Waals surface area (Å²) in [6.07, 6.45) is 5.46. The Kier molecular flexibility index (Phi) is 9.88. The van der Waals surface area contributed by atoms with Crippen LogP contribution in [-0.2, 0) is 11.2 Å². The summed E-state index contributed by atoms with van der Waals surface area (Å²) in [5.41, 5.74) is 3.15. The minimum absolute atomic E-state index is 0. The number of hydrogen-bond acceptors (Lipinski definition) is 4. The molecule has 1 fully saturated rings. The van der Waals surface area contributed by atoms with Crippen molar-refractivity contribution < 1.29 is 6.16 Å². The van der Waals surface area contributed by atoms with Crippen molar-refractivity contribution in [2.75, 3.05) is 6.61 Å². The molecule has 0 amide bonds. The van der Waals surface area contributed by atoms with Crippen molar-refractivity contribution in [3.8, 4) is 0 Å². The van der Waals surface area contributed by atoms with E-state index in [1.807, 2.05) is 20.0 Å². The fourth-order valence-electron chi connectivity index (χ4n) is 2.83. The summed E-state index contributed by atoms with van der Waals surface area (Å²) in [5.74, 6) is 1.11. The van der Waals surface area contributed by atoms with Crippen LogP contribution in [0.25, 0.3) is 11.2 Å². The number of nitrogens with zero attached hydrogens (tertiary/aromatic N) is 3. The molecule has 1 atom stereocenters. The number of pyridine rings is 1. The molecule has 0 aliphatic carbocycles. The summed E-state index contributed by atoms with van der Waals surface area (Å²) in [7, 11) is 0. The smallest absolute Gasteiger partial charge is 0.160 e. The van der Waals surface area contributed by atoms with Crippen molar-refractivity contribution >= 4 is 35.1 Å². The summed E-state index contributed by atoms with van der Waals surface area (Å²) >= 11 is 0. The number of aromatic nitrogens is 3. The summed E-state index contributed by atoms with van der Waals surface area (Å²) in [6, 6.07) is 2.48. The van der Waals surface area contributed by atoms with Crippen LogP contribution in [-0.4, -0.2) is 27.2 Å². The standard InChI is InChI=1S/C15H21N3O.C2H6.HI.H3N.H2/c1-10(2)18-14(8-12-5-4-6-19-12)17-13-7-11(3)9-16-15(13)18;1-2;;;/h7,9-10,12H,4-6,8H2,1-3H3;1-2H3;1H;1H3;1H/t12-;;;;/m1..../s1. The van der Waals surface area contributed by atoms with E-state index in [1.165, 1.54) is 6.42 Å². The van der Waals surface area contributed by atoms with Crippen LogP contribution in [0.3, 0.4) is 0 Å². The van der Waals surface area contributed by atoms with Gasteiger partial charge in [-0.1, -0.05) is 13.8 Å². The highest BCUT2D eigenvalue weighted by Crippen LogP contribution is 2.23. The van der Waals surface area contributed by atoms with Crippen LogP contribution in [0.1, 0.15) is 59.4 Å². The van der Waals surface area contributed by atoms with Gasteiger partial charge < -0.3 is 15.5 Å². The summed E-state index contributed by atoms with van der Waals surface area (Å²) < 4.78 is 7.98. The number of halogens is 1. The zero-order valence-electron chi connectivity index (χ0n) is 15.0. The van der Waals surface area contributed by atoms with E-state index < -0.39 is 0 Å². The zero-order chi connectivity index (χ0) is 15.4. The summed E-state index contributed by atoms with van der Waals surface area (Å²) in [6.45, 7) is 11.3. The maximum atomic E-state index is 5.74. The van der Waals surface area contributed by atoms with Crippen LogP contribution < -0.4 is 6.15 Å². The number of rotatable bonds is 3. The van der Waals surface area contributed by atoms with Crippen molar-refractivity contribution in [2.45, 2.75) is 66.0 Å². The van der Waals surface area contributed by atoms with E-state index in [4.69, 9.17) is 9.72 Å². The number of fused-ring (bicyclic) bond motifs is 1. The monoisotopic (exact) mass is 436 g/mol. The van der Waals surface area contributed by atoms with Gasteiger partial charge in [-0.15, -0.1) is 24.0 Å². The molecule has 0 saturated carbocycles. The molecule has 0 spiro atoms. The first-order valence-corrected chi connectivity index (χ1v) is 8.10. The lowest BCUT2D eigenvalue weighted by molar-refractivity contribution is 0.109. The second-order valence-corrected chi connectivity index (χ2v) is 5.69. The third kappa shape index (κ3) is 5.12. The molecule has 3 heterocycles. The maximum Gasteiger partial charge on any atom is 0.160 e. The first kappa shape index (κ1) is 22.3. The van der Waals surface area contributed by atoms with Crippen LogP contribution in [0.4, 0.5) is 0 Å². The lowest BCUT2D eigenvalue weighted by atomic mass is 10.1. The van der Waals surface area contributed by atoms with Gasteiger partial charge in [0.1, 0.15) is 11.3 Å². The molecule has 1 saturated heterocycles. The van der Waals surface area contributed by atoms with Gasteiger partial charge in [-0.25, -0.2) is 9.97 Å². The molecule has 2 aromatic heterocycles. The fraction of sp³-hybridized carbons (Fsp3) is 0.647. The molecule has 3 rings (SSSR count). The van der Waals surface area contributed by atoms with Crippen LogP contribution in [0.15, 0.2) is 12.3 Å². The Morgan fingerprint density at radius 2 is 2.09 bits per heavy atom. The predicted molar refractivity (Wildman–Crippen MR) is 109 cm³/mol. The molecule has 23 heavy (non-hydrogen) atoms. The van der Waals surface area contributed by atoms with Gasteiger partial charge in [-0.2, -0.15) is 0 Å². The van der Waals surface area contributed by atoms with Gasteiger partial charge in [-0.05, 0) is 45.2 Å². The van der Waals surface area contributed by atoms with Crippen molar-refractivity contribution in [1.82, 2.24) is 20.7 Å². The number of aryl methyl sites for hydroxylation is 1. The van der Waals surface area contributed by atoms with Gasteiger partial charge >= 0.3 is 0 Å². The quantitative estimate of drug-likeness (QED) is 0.680. The Morgan fingerprint density at radius 3 is 2.65 bits per heavy atom. The second-order valence-electron chi connectivity index (χ2n) is 5.69. The Morgan fingerprint density at radius 1 is 1.39 bits per heavy atom. The van der Waals surface area contributed by atoms with Crippen molar-refractivity contribution in [1.29, 1.82) is 0 Å². The highest BCUT2D eigenvalue weighted by Gasteiger charge is 2.21. The molecule has 2 aromatic rings. The van der Waals surface area contributed by atoms with Crippen molar-refractivity contribution in [2.24, 2.45) is 0 Å². The van der Waals surface area contributed by atoms with Gasteiger partial charge in [-0.3, -0.25) is 0 Å². The Labute approximate surface area is 158 Å². The molecule has 0 aromatic carbocycles. The van der Waals surface area contributed by atoms with E-state index in [2.05, 4.69) is 36.4 Å². The minimum atomic E-state index is 0. The topological polar surface area (TPSA) is 74.9 Å². The third-order valence-corrected chi connectivity index (χ3v) is 3.69. The fourth-order valence-corrected chi connectivity index (χ4v) is 2.83. The molecule has 6 heteroatoms. The largest absolute Gasteiger partial charge is 0.378 e. The molecule has 1 aliphatic heterocycles. The minimum Gasteiger partial charge on any atom is -0.378 e. The van der Waals surface area contributed by atoms with Gasteiger partial charge in [0.25, 0.3) is 0 Å². The third-order valence-electron chi connectivity index (χ3n) is 3.69. The van der Waals surface area contributed by atoms with E-state index in [0.29, 0.717) is 12.1 Å². The molecule has 5 nitrogen and oxygen atoms in total. The average molecular weight is 436 g/mol. The van der Waals surface area contributed by atoms with Gasteiger partial charge in [0.05, 0.1) is 6.10 Å². The molecule has 0 radical (unpaired) electrons. The van der Waals surface area contributed by atoms with Crippen LogP contribution in [0.5, 0.6) is 0 Å². The van der Waals surface area contributed by atoms with E-state index >= 15 is 0 Å². The Balaban J connectivity index is 0. The van der Waals surface area contributed by atoms with E-state index in [-0.39, 0.29) is 31.6 Å². The molecular formula is C17H33IN4O. The molecule has 134 valence electrons. The first-order chi connectivity index (χ1) is 10.1. The van der Waals surface area contributed by atoms with E-state index in [1.54, 1.807) is 0 Å². The lowest BCUT2D eigenvalue weighted by Gasteiger charge is -2.14. The summed E-state index contributed by atoms with van der Waals surface area (Å²) in [4.78, 5) is 9.34. The van der Waals surface area contributed by atoms with Gasteiger partial charge in [0.15, 0.2) is 5.65 Å². The predicted octanol–water partition coefficient (Wildman–Crippen LogP) is 5.09. The van der Waals surface area contributed by atoms with E-state index in [0.717, 1.165) is 42.0 Å². The van der Waals surface area contributed by atoms with Crippen LogP contribution >= 0.6 is 24.0 Å². The molecule has 0 unspecified atom stereocenters. The highest BCUT2D eigenvalue weighted by atomic mass is 127. The molecule has 1 aliphatic rings. The molecule has 3 N–H and O–H groups in total. The van der Waals surface area contributed by atoms with Crippen molar-refractivity contribution in [3.63, 3.8) is 0 Å². The molecule has 0 bridgehead atoms. The Bertz CT molecular complexity index is 598. The normalized spacial score (nSPS) is 16.5. The van der Waals surface area contributed by atoms with Crippen LogP contribution in [0.2, 0.25) is 0 Å². The lowest BCUT2D eigenvalue weighted by Crippen LogP contribution is -2.15. The SMILES string of the molecule is CC.Cc1cnc2c(c1)nc(C[C@H]1CCCO1)n2C(C)C.I.N.[HH]. The van der Waals surface area contributed by atoms with Gasteiger partial charge in [0.2, 0.25) is 0 Å². The number of hydrogen-bond donors (Lipinski definition) is 1.